The molecule has 1 saturated heterocycles. The lowest BCUT2D eigenvalue weighted by Gasteiger charge is -2.30. The molecule has 0 aliphatic carbocycles. The Bertz CT molecular complexity index is 559. The van der Waals surface area contributed by atoms with Gasteiger partial charge < -0.3 is 15.1 Å². The highest BCUT2D eigenvalue weighted by atomic mass is 16.2. The average molecular weight is 303 g/mol. The van der Waals surface area contributed by atoms with E-state index >= 15 is 0 Å². The van der Waals surface area contributed by atoms with Gasteiger partial charge in [-0.05, 0) is 12.0 Å². The lowest BCUT2D eigenvalue weighted by molar-refractivity contribution is -0.145. The molecule has 6 nitrogen and oxygen atoms in total. The summed E-state index contributed by atoms with van der Waals surface area (Å²) in [7, 11) is 3.28. The van der Waals surface area contributed by atoms with Crippen LogP contribution in [0.25, 0.3) is 0 Å². The van der Waals surface area contributed by atoms with E-state index in [1.54, 1.807) is 19.0 Å². The molecule has 118 valence electrons. The van der Waals surface area contributed by atoms with Crippen LogP contribution in [0.1, 0.15) is 12.0 Å². The zero-order valence-corrected chi connectivity index (χ0v) is 12.9. The molecular weight excluding hydrogens is 282 g/mol. The van der Waals surface area contributed by atoms with Gasteiger partial charge in [0.15, 0.2) is 0 Å². The van der Waals surface area contributed by atoms with Crippen molar-refractivity contribution in [3.63, 3.8) is 0 Å². The van der Waals surface area contributed by atoms with Crippen molar-refractivity contribution in [2.24, 2.45) is 0 Å². The van der Waals surface area contributed by atoms with Crippen LogP contribution in [0.5, 0.6) is 0 Å². The first kappa shape index (κ1) is 16.0. The SMILES string of the molecule is CN(CCc1ccccc1)C(=O)C[C@@H]1NC(=O)CN(C)C1=O. The predicted octanol–water partition coefficient (Wildman–Crippen LogP) is 0.0344. The lowest BCUT2D eigenvalue weighted by Crippen LogP contribution is -2.57. The summed E-state index contributed by atoms with van der Waals surface area (Å²) in [5.74, 6) is -0.596. The minimum atomic E-state index is -0.752. The van der Waals surface area contributed by atoms with Gasteiger partial charge in [0.25, 0.3) is 0 Å². The number of piperazine rings is 1. The van der Waals surface area contributed by atoms with E-state index in [9.17, 15) is 14.4 Å². The van der Waals surface area contributed by atoms with Gasteiger partial charge in [0.05, 0.1) is 13.0 Å². The lowest BCUT2D eigenvalue weighted by atomic mass is 10.1. The second kappa shape index (κ2) is 7.06. The average Bonchev–Trinajstić information content (AvgIpc) is 2.50. The number of hydrogen-bond donors (Lipinski definition) is 1. The molecule has 2 rings (SSSR count). The van der Waals surface area contributed by atoms with Gasteiger partial charge in [-0.2, -0.15) is 0 Å². The summed E-state index contributed by atoms with van der Waals surface area (Å²) in [5, 5.41) is 2.58. The van der Waals surface area contributed by atoms with Crippen LogP contribution in [0, 0.1) is 0 Å². The minimum absolute atomic E-state index is 0.000201. The zero-order valence-electron chi connectivity index (χ0n) is 12.9. The van der Waals surface area contributed by atoms with Crippen LogP contribution in [0.2, 0.25) is 0 Å². The Kier molecular flexibility index (Phi) is 5.14. The number of hydrogen-bond acceptors (Lipinski definition) is 3. The molecule has 1 heterocycles. The summed E-state index contributed by atoms with van der Waals surface area (Å²) in [5.41, 5.74) is 1.16. The monoisotopic (exact) mass is 303 g/mol. The molecule has 0 spiro atoms. The van der Waals surface area contributed by atoms with Gasteiger partial charge >= 0.3 is 0 Å². The predicted molar refractivity (Wildman–Crippen MR) is 82.0 cm³/mol. The summed E-state index contributed by atoms with van der Waals surface area (Å²) in [6, 6.07) is 9.15. The molecule has 0 aromatic heterocycles. The van der Waals surface area contributed by atoms with Crippen molar-refractivity contribution < 1.29 is 14.4 Å². The Morgan fingerprint density at radius 2 is 2.00 bits per heavy atom. The normalized spacial score (nSPS) is 18.1. The Hall–Kier alpha value is -2.37. The molecule has 1 aliphatic heterocycles. The van der Waals surface area contributed by atoms with Gasteiger partial charge in [-0.25, -0.2) is 0 Å². The molecule has 0 saturated carbocycles. The highest BCUT2D eigenvalue weighted by Gasteiger charge is 2.32. The highest BCUT2D eigenvalue weighted by Crippen LogP contribution is 2.07. The van der Waals surface area contributed by atoms with Crippen molar-refractivity contribution in [3.05, 3.63) is 35.9 Å². The van der Waals surface area contributed by atoms with Crippen molar-refractivity contribution >= 4 is 17.7 Å². The Morgan fingerprint density at radius 1 is 1.32 bits per heavy atom. The molecule has 0 radical (unpaired) electrons. The molecule has 1 N–H and O–H groups in total. The molecule has 22 heavy (non-hydrogen) atoms. The molecular formula is C16H21N3O3. The van der Waals surface area contributed by atoms with E-state index in [2.05, 4.69) is 5.32 Å². The van der Waals surface area contributed by atoms with E-state index in [0.717, 1.165) is 12.0 Å². The third-order valence-electron chi connectivity index (χ3n) is 3.77. The molecule has 0 bridgehead atoms. The van der Waals surface area contributed by atoms with Gasteiger partial charge in [-0.15, -0.1) is 0 Å². The number of nitrogens with zero attached hydrogens (tertiary/aromatic N) is 2. The maximum atomic E-state index is 12.2. The molecule has 6 heteroatoms. The molecule has 0 unspecified atom stereocenters. The molecule has 1 atom stereocenters. The summed E-state index contributed by atoms with van der Waals surface area (Å²) < 4.78 is 0. The first-order valence-corrected chi connectivity index (χ1v) is 7.29. The number of carbonyl (C=O) groups excluding carboxylic acids is 3. The van der Waals surface area contributed by atoms with Crippen molar-refractivity contribution in [1.29, 1.82) is 0 Å². The number of amides is 3. The third kappa shape index (κ3) is 4.07. The molecule has 1 aromatic rings. The number of benzene rings is 1. The minimum Gasteiger partial charge on any atom is -0.345 e. The first-order chi connectivity index (χ1) is 10.5. The number of nitrogens with one attached hydrogen (secondary N) is 1. The van der Waals surface area contributed by atoms with Gasteiger partial charge in [0, 0.05) is 20.6 Å². The first-order valence-electron chi connectivity index (χ1n) is 7.29. The van der Waals surface area contributed by atoms with Crippen molar-refractivity contribution in [2.45, 2.75) is 18.9 Å². The van der Waals surface area contributed by atoms with Crippen LogP contribution in [-0.2, 0) is 20.8 Å². The zero-order chi connectivity index (χ0) is 16.1. The fourth-order valence-corrected chi connectivity index (χ4v) is 2.40. The van der Waals surface area contributed by atoms with Crippen LogP contribution >= 0.6 is 0 Å². The van der Waals surface area contributed by atoms with E-state index in [0.29, 0.717) is 6.54 Å². The summed E-state index contributed by atoms with van der Waals surface area (Å²) in [6.45, 7) is 0.626. The maximum absolute atomic E-state index is 12.2. The standard InChI is InChI=1S/C16H21N3O3/c1-18(9-8-12-6-4-3-5-7-12)15(21)10-13-16(22)19(2)11-14(20)17-13/h3-7,13H,8-11H2,1-2H3,(H,17,20)/t13-/m0/s1. The molecule has 1 aromatic carbocycles. The number of likely N-dealkylation sites (N-methyl/N-ethyl adjacent to an activating group) is 2. The Balaban J connectivity index is 1.85. The van der Waals surface area contributed by atoms with Crippen LogP contribution in [0.15, 0.2) is 30.3 Å². The van der Waals surface area contributed by atoms with Crippen LogP contribution in [0.3, 0.4) is 0 Å². The summed E-state index contributed by atoms with van der Waals surface area (Å²) in [4.78, 5) is 38.6. The second-order valence-corrected chi connectivity index (χ2v) is 5.57. The van der Waals surface area contributed by atoms with E-state index in [1.165, 1.54) is 4.90 Å². The summed E-state index contributed by atoms with van der Waals surface area (Å²) in [6.07, 6.45) is 0.758. The van der Waals surface area contributed by atoms with E-state index in [4.69, 9.17) is 0 Å². The van der Waals surface area contributed by atoms with Gasteiger partial charge in [0.1, 0.15) is 6.04 Å². The molecule has 1 aliphatic rings. The molecule has 1 fully saturated rings. The van der Waals surface area contributed by atoms with Gasteiger partial charge in [-0.3, -0.25) is 14.4 Å². The van der Waals surface area contributed by atoms with Crippen molar-refractivity contribution in [1.82, 2.24) is 15.1 Å². The highest BCUT2D eigenvalue weighted by molar-refractivity contribution is 5.97. The van der Waals surface area contributed by atoms with E-state index in [1.807, 2.05) is 30.3 Å². The second-order valence-electron chi connectivity index (χ2n) is 5.57. The number of carbonyl (C=O) groups is 3. The van der Waals surface area contributed by atoms with Crippen molar-refractivity contribution in [2.75, 3.05) is 27.2 Å². The Labute approximate surface area is 130 Å². The fourth-order valence-electron chi connectivity index (χ4n) is 2.40. The number of rotatable bonds is 5. The van der Waals surface area contributed by atoms with Crippen LogP contribution < -0.4 is 5.32 Å². The smallest absolute Gasteiger partial charge is 0.245 e. The largest absolute Gasteiger partial charge is 0.345 e. The summed E-state index contributed by atoms with van der Waals surface area (Å²) >= 11 is 0. The van der Waals surface area contributed by atoms with Gasteiger partial charge in [0.2, 0.25) is 17.7 Å². The Morgan fingerprint density at radius 3 is 2.68 bits per heavy atom. The van der Waals surface area contributed by atoms with E-state index < -0.39 is 6.04 Å². The van der Waals surface area contributed by atoms with Gasteiger partial charge in [-0.1, -0.05) is 30.3 Å². The van der Waals surface area contributed by atoms with E-state index in [-0.39, 0.29) is 30.7 Å². The quantitative estimate of drug-likeness (QED) is 0.834. The third-order valence-corrected chi connectivity index (χ3v) is 3.77. The van der Waals surface area contributed by atoms with Crippen LogP contribution in [0.4, 0.5) is 0 Å². The maximum Gasteiger partial charge on any atom is 0.245 e. The van der Waals surface area contributed by atoms with Crippen molar-refractivity contribution in [3.8, 4) is 0 Å². The van der Waals surface area contributed by atoms with Crippen LogP contribution in [-0.4, -0.2) is 60.7 Å². The topological polar surface area (TPSA) is 69.7 Å². The fraction of sp³-hybridized carbons (Fsp3) is 0.438. The molecule has 3 amide bonds.